The van der Waals surface area contributed by atoms with Crippen LogP contribution in [0.1, 0.15) is 6.92 Å². The maximum atomic E-state index is 9.44. The van der Waals surface area contributed by atoms with Crippen LogP contribution in [0.2, 0.25) is 0 Å². The molecule has 0 saturated carbocycles. The Morgan fingerprint density at radius 3 is 2.55 bits per heavy atom. The highest BCUT2D eigenvalue weighted by molar-refractivity contribution is 4.88. The van der Waals surface area contributed by atoms with Crippen LogP contribution in [0.3, 0.4) is 0 Å². The van der Waals surface area contributed by atoms with Gasteiger partial charge in [-0.15, -0.1) is 0 Å². The van der Waals surface area contributed by atoms with Gasteiger partial charge in [-0.3, -0.25) is 0 Å². The van der Waals surface area contributed by atoms with Gasteiger partial charge in [-0.25, -0.2) is 0 Å². The second kappa shape index (κ2) is 3.49. The number of hydrogen-bond donors (Lipinski definition) is 3. The molecule has 4 heteroatoms. The highest BCUT2D eigenvalue weighted by Gasteiger charge is 2.39. The number of aliphatic hydroxyl groups excluding tert-OH is 2. The van der Waals surface area contributed by atoms with E-state index in [9.17, 15) is 5.11 Å². The topological polar surface area (TPSA) is 75.7 Å². The number of ether oxygens (including phenoxy) is 1. The van der Waals surface area contributed by atoms with E-state index in [1.807, 2.05) is 0 Å². The summed E-state index contributed by atoms with van der Waals surface area (Å²) in [7, 11) is 0. The number of rotatable bonds is 2. The van der Waals surface area contributed by atoms with Crippen molar-refractivity contribution in [2.75, 3.05) is 13.2 Å². The van der Waals surface area contributed by atoms with Crippen molar-refractivity contribution < 1.29 is 14.9 Å². The fraction of sp³-hybridized carbons (Fsp3) is 1.00. The van der Waals surface area contributed by atoms with Crippen LogP contribution in [0.5, 0.6) is 0 Å². The summed E-state index contributed by atoms with van der Waals surface area (Å²) < 4.78 is 5.25. The van der Waals surface area contributed by atoms with E-state index in [0.717, 1.165) is 0 Å². The van der Waals surface area contributed by atoms with Crippen molar-refractivity contribution in [3.63, 3.8) is 0 Å². The molecule has 1 aliphatic rings. The summed E-state index contributed by atoms with van der Waals surface area (Å²) in [5.74, 6) is -0.116. The smallest absolute Gasteiger partial charge is 0.0876 e. The van der Waals surface area contributed by atoms with Gasteiger partial charge < -0.3 is 20.7 Å². The van der Waals surface area contributed by atoms with Crippen LogP contribution in [0.15, 0.2) is 0 Å². The van der Waals surface area contributed by atoms with Crippen molar-refractivity contribution in [1.29, 1.82) is 0 Å². The van der Waals surface area contributed by atoms with Gasteiger partial charge in [-0.2, -0.15) is 0 Å². The molecule has 4 N–H and O–H groups in total. The molecule has 1 fully saturated rings. The molecule has 0 aromatic rings. The van der Waals surface area contributed by atoms with Gasteiger partial charge in [0.25, 0.3) is 0 Å². The van der Waals surface area contributed by atoms with E-state index in [4.69, 9.17) is 15.6 Å². The second-order valence-corrected chi connectivity index (χ2v) is 2.95. The van der Waals surface area contributed by atoms with Gasteiger partial charge >= 0.3 is 0 Å². The van der Waals surface area contributed by atoms with Gasteiger partial charge in [0, 0.05) is 12.5 Å². The van der Waals surface area contributed by atoms with Crippen molar-refractivity contribution in [3.05, 3.63) is 0 Å². The predicted octanol–water partition coefficient (Wildman–Crippen LogP) is -1.30. The zero-order valence-electron chi connectivity index (χ0n) is 6.60. The Morgan fingerprint density at radius 1 is 1.55 bits per heavy atom. The SMILES string of the molecule is C[C@@H]1O[C@H](CO)[C@H](CN)C1O. The van der Waals surface area contributed by atoms with Crippen LogP contribution in [0.4, 0.5) is 0 Å². The normalized spacial score (nSPS) is 44.7. The monoisotopic (exact) mass is 161 g/mol. The summed E-state index contributed by atoms with van der Waals surface area (Å²) in [5, 5.41) is 18.3. The van der Waals surface area contributed by atoms with Gasteiger partial charge in [-0.1, -0.05) is 0 Å². The number of hydrogen-bond acceptors (Lipinski definition) is 4. The first-order valence-electron chi connectivity index (χ1n) is 3.85. The molecule has 0 bridgehead atoms. The molecule has 0 spiro atoms. The summed E-state index contributed by atoms with van der Waals surface area (Å²) >= 11 is 0. The average Bonchev–Trinajstić information content (AvgIpc) is 2.28. The van der Waals surface area contributed by atoms with Gasteiger partial charge in [0.2, 0.25) is 0 Å². The first kappa shape index (κ1) is 8.93. The summed E-state index contributed by atoms with van der Waals surface area (Å²) in [6, 6.07) is 0. The minimum Gasteiger partial charge on any atom is -0.394 e. The third kappa shape index (κ3) is 1.54. The Hall–Kier alpha value is -0.160. The first-order valence-corrected chi connectivity index (χ1v) is 3.85. The lowest BCUT2D eigenvalue weighted by Crippen LogP contribution is -2.34. The Kier molecular flexibility index (Phi) is 2.84. The van der Waals surface area contributed by atoms with Crippen molar-refractivity contribution in [3.8, 4) is 0 Å². The lowest BCUT2D eigenvalue weighted by atomic mass is 9.97. The maximum absolute atomic E-state index is 9.44. The minimum absolute atomic E-state index is 0.0662. The van der Waals surface area contributed by atoms with E-state index >= 15 is 0 Å². The molecular formula is C7H15NO3. The van der Waals surface area contributed by atoms with Crippen LogP contribution < -0.4 is 5.73 Å². The molecular weight excluding hydrogens is 146 g/mol. The quantitative estimate of drug-likeness (QED) is 0.470. The molecule has 1 heterocycles. The fourth-order valence-corrected chi connectivity index (χ4v) is 1.49. The zero-order valence-corrected chi connectivity index (χ0v) is 6.60. The number of aliphatic hydroxyl groups is 2. The molecule has 1 unspecified atom stereocenters. The molecule has 66 valence electrons. The standard InChI is InChI=1S/C7H15NO3/c1-4-7(10)5(2-8)6(3-9)11-4/h4-7,9-10H,2-3,8H2,1H3/t4-,5-,6+,7?/m0/s1. The molecule has 11 heavy (non-hydrogen) atoms. The van der Waals surface area contributed by atoms with E-state index in [2.05, 4.69) is 0 Å². The molecule has 1 rings (SSSR count). The molecule has 0 amide bonds. The third-order valence-electron chi connectivity index (χ3n) is 2.24. The van der Waals surface area contributed by atoms with Gasteiger partial charge in [0.05, 0.1) is 24.9 Å². The molecule has 1 aliphatic heterocycles. The zero-order chi connectivity index (χ0) is 8.43. The minimum atomic E-state index is -0.530. The molecule has 0 aromatic carbocycles. The molecule has 0 aromatic heterocycles. The van der Waals surface area contributed by atoms with Crippen LogP contribution in [-0.4, -0.2) is 41.7 Å². The molecule has 4 atom stereocenters. The lowest BCUT2D eigenvalue weighted by molar-refractivity contribution is -0.00201. The van der Waals surface area contributed by atoms with E-state index in [-0.39, 0.29) is 24.7 Å². The van der Waals surface area contributed by atoms with Gasteiger partial charge in [-0.05, 0) is 6.92 Å². The lowest BCUT2D eigenvalue weighted by Gasteiger charge is -2.15. The predicted molar refractivity (Wildman–Crippen MR) is 40.0 cm³/mol. The highest BCUT2D eigenvalue weighted by Crippen LogP contribution is 2.25. The van der Waals surface area contributed by atoms with Gasteiger partial charge in [0.15, 0.2) is 0 Å². The summed E-state index contributed by atoms with van der Waals surface area (Å²) in [4.78, 5) is 0. The maximum Gasteiger partial charge on any atom is 0.0876 e. The Labute approximate surface area is 66.0 Å². The van der Waals surface area contributed by atoms with Gasteiger partial charge in [0.1, 0.15) is 0 Å². The van der Waals surface area contributed by atoms with E-state index in [0.29, 0.717) is 6.54 Å². The molecule has 0 radical (unpaired) electrons. The summed E-state index contributed by atoms with van der Waals surface area (Å²) in [6.07, 6.45) is -1.03. The molecule has 4 nitrogen and oxygen atoms in total. The van der Waals surface area contributed by atoms with E-state index in [1.165, 1.54) is 0 Å². The Bertz CT molecular complexity index is 131. The summed E-state index contributed by atoms with van der Waals surface area (Å²) in [5.41, 5.74) is 5.40. The first-order chi connectivity index (χ1) is 5.20. The highest BCUT2D eigenvalue weighted by atomic mass is 16.5. The van der Waals surface area contributed by atoms with Crippen molar-refractivity contribution >= 4 is 0 Å². The third-order valence-corrected chi connectivity index (χ3v) is 2.24. The largest absolute Gasteiger partial charge is 0.394 e. The molecule has 0 aliphatic carbocycles. The van der Waals surface area contributed by atoms with Crippen LogP contribution in [0, 0.1) is 5.92 Å². The Balaban J connectivity index is 2.57. The van der Waals surface area contributed by atoms with Crippen molar-refractivity contribution in [2.45, 2.75) is 25.2 Å². The van der Waals surface area contributed by atoms with Crippen LogP contribution >= 0.6 is 0 Å². The number of nitrogens with two attached hydrogens (primary N) is 1. The van der Waals surface area contributed by atoms with Crippen molar-refractivity contribution in [2.24, 2.45) is 11.7 Å². The van der Waals surface area contributed by atoms with E-state index < -0.39 is 6.10 Å². The van der Waals surface area contributed by atoms with Crippen LogP contribution in [-0.2, 0) is 4.74 Å². The van der Waals surface area contributed by atoms with E-state index in [1.54, 1.807) is 6.92 Å². The fourth-order valence-electron chi connectivity index (χ4n) is 1.49. The average molecular weight is 161 g/mol. The molecule has 1 saturated heterocycles. The second-order valence-electron chi connectivity index (χ2n) is 2.95. The summed E-state index contributed by atoms with van der Waals surface area (Å²) in [6.45, 7) is 2.07. The Morgan fingerprint density at radius 2 is 2.18 bits per heavy atom. The van der Waals surface area contributed by atoms with Crippen LogP contribution in [0.25, 0.3) is 0 Å². The van der Waals surface area contributed by atoms with Crippen molar-refractivity contribution in [1.82, 2.24) is 0 Å².